The first-order valence-electron chi connectivity index (χ1n) is 5.65. The summed E-state index contributed by atoms with van der Waals surface area (Å²) >= 11 is 0. The van der Waals surface area contributed by atoms with E-state index in [0.717, 1.165) is 13.0 Å². The number of hydrogen-bond donors (Lipinski definition) is 2. The molecule has 0 bridgehead atoms. The van der Waals surface area contributed by atoms with Gasteiger partial charge >= 0.3 is 5.97 Å². The fourth-order valence-corrected chi connectivity index (χ4v) is 1.91. The molecule has 92 valence electrons. The molecule has 0 aromatic heterocycles. The summed E-state index contributed by atoms with van der Waals surface area (Å²) in [5.74, 6) is -0.854. The highest BCUT2D eigenvalue weighted by atomic mass is 16.4. The molecule has 2 N–H and O–H groups in total. The molecule has 0 saturated carbocycles. The van der Waals surface area contributed by atoms with Crippen molar-refractivity contribution in [3.8, 4) is 0 Å². The van der Waals surface area contributed by atoms with Crippen LogP contribution in [0.3, 0.4) is 0 Å². The van der Waals surface area contributed by atoms with Crippen molar-refractivity contribution in [1.29, 1.82) is 0 Å². The zero-order chi connectivity index (χ0) is 12.3. The van der Waals surface area contributed by atoms with Gasteiger partial charge in [0, 0.05) is 25.2 Å². The third-order valence-electron chi connectivity index (χ3n) is 2.84. The van der Waals surface area contributed by atoms with Crippen LogP contribution in [-0.2, 0) is 4.79 Å². The van der Waals surface area contributed by atoms with Gasteiger partial charge in [-0.1, -0.05) is 26.8 Å². The summed E-state index contributed by atoms with van der Waals surface area (Å²) in [6.07, 6.45) is 2.29. The first kappa shape index (κ1) is 13.2. The number of β-amino-alcohol motifs (C(OH)–C–C–N with tert-alkyl or cyclic N) is 1. The highest BCUT2D eigenvalue weighted by molar-refractivity contribution is 5.87. The molecule has 4 heteroatoms. The Bertz CT molecular complexity index is 291. The van der Waals surface area contributed by atoms with E-state index in [-0.39, 0.29) is 11.5 Å². The molecule has 0 unspecified atom stereocenters. The van der Waals surface area contributed by atoms with Crippen LogP contribution < -0.4 is 0 Å². The lowest BCUT2D eigenvalue weighted by Crippen LogP contribution is -2.25. The molecular weight excluding hydrogens is 206 g/mol. The largest absolute Gasteiger partial charge is 0.478 e. The number of aliphatic hydroxyl groups is 1. The molecule has 1 saturated heterocycles. The molecule has 4 nitrogen and oxygen atoms in total. The van der Waals surface area contributed by atoms with Crippen LogP contribution in [0.1, 0.15) is 27.2 Å². The predicted molar refractivity (Wildman–Crippen MR) is 62.2 cm³/mol. The van der Waals surface area contributed by atoms with Crippen LogP contribution in [-0.4, -0.2) is 46.8 Å². The van der Waals surface area contributed by atoms with Gasteiger partial charge in [0.1, 0.15) is 0 Å². The highest BCUT2D eigenvalue weighted by Gasteiger charge is 2.24. The fraction of sp³-hybridized carbons (Fsp3) is 0.750. The van der Waals surface area contributed by atoms with Crippen molar-refractivity contribution in [1.82, 2.24) is 4.90 Å². The van der Waals surface area contributed by atoms with E-state index in [1.807, 2.05) is 20.8 Å². The van der Waals surface area contributed by atoms with E-state index in [4.69, 9.17) is 5.11 Å². The lowest BCUT2D eigenvalue weighted by atomic mass is 9.86. The summed E-state index contributed by atoms with van der Waals surface area (Å²) in [5, 5.41) is 18.5. The van der Waals surface area contributed by atoms with Crippen molar-refractivity contribution in [2.24, 2.45) is 5.41 Å². The van der Waals surface area contributed by atoms with Gasteiger partial charge in [0.2, 0.25) is 0 Å². The van der Waals surface area contributed by atoms with Crippen molar-refractivity contribution < 1.29 is 15.0 Å². The van der Waals surface area contributed by atoms with Crippen molar-refractivity contribution >= 4 is 5.97 Å². The van der Waals surface area contributed by atoms with E-state index >= 15 is 0 Å². The summed E-state index contributed by atoms with van der Waals surface area (Å²) in [7, 11) is 0. The van der Waals surface area contributed by atoms with Crippen LogP contribution in [0.5, 0.6) is 0 Å². The molecule has 1 rings (SSSR count). The SMILES string of the molecule is CC(C)(C)/C(=C\CN1CC[C@H](O)C1)C(=O)O. The second kappa shape index (κ2) is 4.97. The number of nitrogens with zero attached hydrogens (tertiary/aromatic N) is 1. The normalized spacial score (nSPS) is 23.8. The predicted octanol–water partition coefficient (Wildman–Crippen LogP) is 1.11. The lowest BCUT2D eigenvalue weighted by molar-refractivity contribution is -0.133. The molecule has 1 heterocycles. The van der Waals surface area contributed by atoms with Crippen LogP contribution in [0.15, 0.2) is 11.6 Å². The van der Waals surface area contributed by atoms with E-state index in [1.54, 1.807) is 6.08 Å². The minimum atomic E-state index is -0.854. The highest BCUT2D eigenvalue weighted by Crippen LogP contribution is 2.25. The van der Waals surface area contributed by atoms with Gasteiger partial charge < -0.3 is 10.2 Å². The summed E-state index contributed by atoms with van der Waals surface area (Å²) in [6, 6.07) is 0. The Hall–Kier alpha value is -0.870. The van der Waals surface area contributed by atoms with Crippen molar-refractivity contribution in [3.63, 3.8) is 0 Å². The van der Waals surface area contributed by atoms with Crippen LogP contribution in [0, 0.1) is 5.41 Å². The van der Waals surface area contributed by atoms with Crippen molar-refractivity contribution in [2.45, 2.75) is 33.3 Å². The average Bonchev–Trinajstić information content (AvgIpc) is 2.48. The van der Waals surface area contributed by atoms with Gasteiger partial charge in [-0.25, -0.2) is 4.79 Å². The zero-order valence-corrected chi connectivity index (χ0v) is 10.2. The minimum Gasteiger partial charge on any atom is -0.478 e. The quantitative estimate of drug-likeness (QED) is 0.709. The number of aliphatic carboxylic acids is 1. The van der Waals surface area contributed by atoms with E-state index in [0.29, 0.717) is 18.7 Å². The Morgan fingerprint density at radius 3 is 2.50 bits per heavy atom. The van der Waals surface area contributed by atoms with Gasteiger partial charge in [-0.05, 0) is 11.8 Å². The summed E-state index contributed by atoms with van der Waals surface area (Å²) < 4.78 is 0. The molecule has 1 fully saturated rings. The van der Waals surface area contributed by atoms with Gasteiger partial charge in [-0.15, -0.1) is 0 Å². The molecule has 0 amide bonds. The standard InChI is InChI=1S/C12H21NO3/c1-12(2,3)10(11(15)16)5-7-13-6-4-9(14)8-13/h5,9,14H,4,6-8H2,1-3H3,(H,15,16)/b10-5-/t9-/m0/s1. The van der Waals surface area contributed by atoms with Gasteiger partial charge in [-0.2, -0.15) is 0 Å². The van der Waals surface area contributed by atoms with Crippen molar-refractivity contribution in [2.75, 3.05) is 19.6 Å². The van der Waals surface area contributed by atoms with Gasteiger partial charge in [0.25, 0.3) is 0 Å². The number of rotatable bonds is 3. The Labute approximate surface area is 96.6 Å². The maximum absolute atomic E-state index is 11.1. The maximum atomic E-state index is 11.1. The molecule has 0 spiro atoms. The maximum Gasteiger partial charge on any atom is 0.331 e. The van der Waals surface area contributed by atoms with Crippen LogP contribution in [0.25, 0.3) is 0 Å². The Balaban J connectivity index is 2.62. The number of likely N-dealkylation sites (tertiary alicyclic amines) is 1. The summed E-state index contributed by atoms with van der Waals surface area (Å²) in [4.78, 5) is 13.1. The molecule has 0 aliphatic carbocycles. The Kier molecular flexibility index (Phi) is 4.10. The minimum absolute atomic E-state index is 0.253. The molecule has 1 aliphatic heterocycles. The van der Waals surface area contributed by atoms with Crippen molar-refractivity contribution in [3.05, 3.63) is 11.6 Å². The topological polar surface area (TPSA) is 60.8 Å². The molecular formula is C12H21NO3. The average molecular weight is 227 g/mol. The number of carboxylic acid groups (broad SMARTS) is 1. The second-order valence-electron chi connectivity index (χ2n) is 5.38. The van der Waals surface area contributed by atoms with Crippen LogP contribution >= 0.6 is 0 Å². The number of hydrogen-bond acceptors (Lipinski definition) is 3. The Morgan fingerprint density at radius 2 is 2.12 bits per heavy atom. The number of carbonyl (C=O) groups is 1. The molecule has 0 radical (unpaired) electrons. The molecule has 16 heavy (non-hydrogen) atoms. The second-order valence-corrected chi connectivity index (χ2v) is 5.38. The van der Waals surface area contributed by atoms with Gasteiger partial charge in [0.15, 0.2) is 0 Å². The summed E-state index contributed by atoms with van der Waals surface area (Å²) in [5.41, 5.74) is 0.0957. The zero-order valence-electron chi connectivity index (χ0n) is 10.2. The summed E-state index contributed by atoms with van der Waals surface area (Å²) in [6.45, 7) is 7.78. The van der Waals surface area contributed by atoms with Gasteiger partial charge in [0.05, 0.1) is 6.10 Å². The van der Waals surface area contributed by atoms with E-state index in [1.165, 1.54) is 0 Å². The third kappa shape index (κ3) is 3.61. The number of aliphatic hydroxyl groups excluding tert-OH is 1. The van der Waals surface area contributed by atoms with E-state index < -0.39 is 5.97 Å². The Morgan fingerprint density at radius 1 is 1.50 bits per heavy atom. The van der Waals surface area contributed by atoms with E-state index in [9.17, 15) is 9.90 Å². The molecule has 0 aromatic rings. The molecule has 1 atom stereocenters. The first-order valence-corrected chi connectivity index (χ1v) is 5.65. The lowest BCUT2D eigenvalue weighted by Gasteiger charge is -2.21. The van der Waals surface area contributed by atoms with Crippen LogP contribution in [0.2, 0.25) is 0 Å². The third-order valence-corrected chi connectivity index (χ3v) is 2.84. The fourth-order valence-electron chi connectivity index (χ4n) is 1.91. The monoisotopic (exact) mass is 227 g/mol. The number of carboxylic acids is 1. The molecule has 0 aromatic carbocycles. The van der Waals surface area contributed by atoms with Gasteiger partial charge in [-0.3, -0.25) is 4.90 Å². The first-order chi connectivity index (χ1) is 7.30. The smallest absolute Gasteiger partial charge is 0.331 e. The van der Waals surface area contributed by atoms with Crippen LogP contribution in [0.4, 0.5) is 0 Å². The molecule has 1 aliphatic rings. The van der Waals surface area contributed by atoms with E-state index in [2.05, 4.69) is 4.90 Å².